The molecule has 1 aliphatic rings. The highest BCUT2D eigenvalue weighted by molar-refractivity contribution is 5.82. The predicted molar refractivity (Wildman–Crippen MR) is 82.4 cm³/mol. The summed E-state index contributed by atoms with van der Waals surface area (Å²) in [5, 5.41) is 3.17. The molecule has 0 bridgehead atoms. The van der Waals surface area contributed by atoms with Crippen LogP contribution in [0.4, 0.5) is 0 Å². The highest BCUT2D eigenvalue weighted by Gasteiger charge is 2.33. The Morgan fingerprint density at radius 1 is 1.25 bits per heavy atom. The molecule has 0 saturated heterocycles. The second kappa shape index (κ2) is 5.96. The Morgan fingerprint density at radius 2 is 1.90 bits per heavy atom. The Kier molecular flexibility index (Phi) is 4.48. The minimum Gasteiger partial charge on any atom is -0.351 e. The molecule has 20 heavy (non-hydrogen) atoms. The van der Waals surface area contributed by atoms with Gasteiger partial charge in [0, 0.05) is 12.0 Å². The summed E-state index contributed by atoms with van der Waals surface area (Å²) in [6.07, 6.45) is 3.34. The number of hydrogen-bond acceptors (Lipinski definition) is 2. The van der Waals surface area contributed by atoms with Crippen LogP contribution >= 0.6 is 0 Å². The van der Waals surface area contributed by atoms with E-state index in [1.54, 1.807) is 0 Å². The van der Waals surface area contributed by atoms with E-state index in [2.05, 4.69) is 29.6 Å². The van der Waals surface area contributed by atoms with Crippen LogP contribution in [0, 0.1) is 5.41 Å². The summed E-state index contributed by atoms with van der Waals surface area (Å²) in [6, 6.07) is 10.2. The molecule has 1 fully saturated rings. The van der Waals surface area contributed by atoms with Crippen LogP contribution in [0.25, 0.3) is 0 Å². The molecular weight excluding hydrogens is 248 g/mol. The number of nitrogens with one attached hydrogen (secondary N) is 1. The minimum absolute atomic E-state index is 0.0228. The second-order valence-electron chi connectivity index (χ2n) is 6.91. The molecule has 3 atom stereocenters. The molecule has 2 unspecified atom stereocenters. The van der Waals surface area contributed by atoms with Gasteiger partial charge < -0.3 is 11.1 Å². The van der Waals surface area contributed by atoms with Gasteiger partial charge in [0.15, 0.2) is 0 Å². The Bertz CT molecular complexity index is 450. The van der Waals surface area contributed by atoms with Crippen molar-refractivity contribution in [1.82, 2.24) is 5.32 Å². The third kappa shape index (κ3) is 3.40. The monoisotopic (exact) mass is 274 g/mol. The van der Waals surface area contributed by atoms with Gasteiger partial charge in [-0.1, -0.05) is 57.5 Å². The van der Waals surface area contributed by atoms with Gasteiger partial charge >= 0.3 is 0 Å². The summed E-state index contributed by atoms with van der Waals surface area (Å²) in [7, 11) is 0. The van der Waals surface area contributed by atoms with Crippen LogP contribution in [0.15, 0.2) is 30.3 Å². The van der Waals surface area contributed by atoms with Crippen LogP contribution in [-0.2, 0) is 4.79 Å². The summed E-state index contributed by atoms with van der Waals surface area (Å²) < 4.78 is 0. The van der Waals surface area contributed by atoms with Crippen LogP contribution < -0.4 is 11.1 Å². The van der Waals surface area contributed by atoms with Crippen molar-refractivity contribution in [2.45, 2.75) is 58.0 Å². The summed E-state index contributed by atoms with van der Waals surface area (Å²) in [5.74, 6) is 0.401. The number of nitrogens with two attached hydrogens (primary N) is 1. The third-order valence-electron chi connectivity index (χ3n) is 4.29. The van der Waals surface area contributed by atoms with E-state index in [9.17, 15) is 4.79 Å². The molecule has 1 aromatic carbocycles. The molecule has 1 amide bonds. The highest BCUT2D eigenvalue weighted by atomic mass is 16.2. The smallest absolute Gasteiger partial charge is 0.237 e. The van der Waals surface area contributed by atoms with Gasteiger partial charge in [0.1, 0.15) is 0 Å². The molecule has 0 radical (unpaired) electrons. The average molecular weight is 274 g/mol. The van der Waals surface area contributed by atoms with E-state index in [1.807, 2.05) is 26.8 Å². The van der Waals surface area contributed by atoms with Crippen molar-refractivity contribution in [1.29, 1.82) is 0 Å². The molecule has 3 N–H and O–H groups in total. The molecule has 1 aromatic rings. The second-order valence-corrected chi connectivity index (χ2v) is 6.91. The number of amides is 1. The Hall–Kier alpha value is -1.35. The lowest BCUT2D eigenvalue weighted by Crippen LogP contribution is -2.51. The first kappa shape index (κ1) is 15.0. The zero-order valence-corrected chi connectivity index (χ0v) is 12.7. The topological polar surface area (TPSA) is 55.1 Å². The van der Waals surface area contributed by atoms with Crippen molar-refractivity contribution >= 4 is 5.91 Å². The lowest BCUT2D eigenvalue weighted by atomic mass is 9.86. The van der Waals surface area contributed by atoms with Crippen molar-refractivity contribution < 1.29 is 4.79 Å². The van der Waals surface area contributed by atoms with Crippen LogP contribution in [-0.4, -0.2) is 18.0 Å². The molecule has 3 heteroatoms. The lowest BCUT2D eigenvalue weighted by Gasteiger charge is -2.29. The van der Waals surface area contributed by atoms with Crippen LogP contribution in [0.2, 0.25) is 0 Å². The Labute approximate surface area is 121 Å². The molecule has 2 rings (SSSR count). The predicted octanol–water partition coefficient (Wildman–Crippen LogP) is 2.81. The largest absolute Gasteiger partial charge is 0.351 e. The SMILES string of the molecule is CC(C)(C)[C@H](N)C(=O)NC1CCCC1c1ccccc1. The average Bonchev–Trinajstić information content (AvgIpc) is 2.86. The zero-order chi connectivity index (χ0) is 14.8. The van der Waals surface area contributed by atoms with Gasteiger partial charge in [-0.25, -0.2) is 0 Å². The van der Waals surface area contributed by atoms with E-state index < -0.39 is 6.04 Å². The van der Waals surface area contributed by atoms with Crippen LogP contribution in [0.5, 0.6) is 0 Å². The van der Waals surface area contributed by atoms with Crippen molar-refractivity contribution in [3.8, 4) is 0 Å². The van der Waals surface area contributed by atoms with Gasteiger partial charge in [-0.05, 0) is 23.8 Å². The molecule has 0 aromatic heterocycles. The number of carbonyl (C=O) groups excluding carboxylic acids is 1. The number of rotatable bonds is 3. The van der Waals surface area contributed by atoms with E-state index in [0.717, 1.165) is 19.3 Å². The maximum absolute atomic E-state index is 12.3. The molecule has 1 saturated carbocycles. The van der Waals surface area contributed by atoms with E-state index in [1.165, 1.54) is 5.56 Å². The molecule has 110 valence electrons. The molecule has 0 spiro atoms. The lowest BCUT2D eigenvalue weighted by molar-refractivity contribution is -0.125. The number of hydrogen-bond donors (Lipinski definition) is 2. The highest BCUT2D eigenvalue weighted by Crippen LogP contribution is 2.34. The quantitative estimate of drug-likeness (QED) is 0.890. The van der Waals surface area contributed by atoms with Gasteiger partial charge in [0.2, 0.25) is 5.91 Å². The minimum atomic E-state index is -0.459. The maximum Gasteiger partial charge on any atom is 0.237 e. The third-order valence-corrected chi connectivity index (χ3v) is 4.29. The number of carbonyl (C=O) groups is 1. The standard InChI is InChI=1S/C17H26N2O/c1-17(2,3)15(18)16(20)19-14-11-7-10-13(14)12-8-5-4-6-9-12/h4-6,8-9,13-15H,7,10-11,18H2,1-3H3,(H,19,20)/t13?,14?,15-/m1/s1. The molecule has 0 aliphatic heterocycles. The van der Waals surface area contributed by atoms with E-state index >= 15 is 0 Å². The zero-order valence-electron chi connectivity index (χ0n) is 12.7. The maximum atomic E-state index is 12.3. The molecule has 0 heterocycles. The fraction of sp³-hybridized carbons (Fsp3) is 0.588. The first-order valence-electron chi connectivity index (χ1n) is 7.50. The normalized spacial score (nSPS) is 24.4. The summed E-state index contributed by atoms with van der Waals surface area (Å²) in [6.45, 7) is 6.00. The Morgan fingerprint density at radius 3 is 2.50 bits per heavy atom. The van der Waals surface area contributed by atoms with E-state index in [-0.39, 0.29) is 17.4 Å². The first-order chi connectivity index (χ1) is 9.39. The summed E-state index contributed by atoms with van der Waals surface area (Å²) in [5.41, 5.74) is 7.16. The van der Waals surface area contributed by atoms with Gasteiger partial charge in [-0.15, -0.1) is 0 Å². The van der Waals surface area contributed by atoms with E-state index in [0.29, 0.717) is 5.92 Å². The molecular formula is C17H26N2O. The van der Waals surface area contributed by atoms with Crippen molar-refractivity contribution in [3.05, 3.63) is 35.9 Å². The summed E-state index contributed by atoms with van der Waals surface area (Å²) in [4.78, 5) is 12.3. The van der Waals surface area contributed by atoms with E-state index in [4.69, 9.17) is 5.73 Å². The van der Waals surface area contributed by atoms with Gasteiger partial charge in [-0.3, -0.25) is 4.79 Å². The van der Waals surface area contributed by atoms with Gasteiger partial charge in [0.25, 0.3) is 0 Å². The Balaban J connectivity index is 2.04. The fourth-order valence-corrected chi connectivity index (χ4v) is 2.90. The molecule has 1 aliphatic carbocycles. The van der Waals surface area contributed by atoms with Gasteiger partial charge in [-0.2, -0.15) is 0 Å². The summed E-state index contributed by atoms with van der Waals surface area (Å²) >= 11 is 0. The van der Waals surface area contributed by atoms with Crippen LogP contribution in [0.3, 0.4) is 0 Å². The van der Waals surface area contributed by atoms with Crippen LogP contribution in [0.1, 0.15) is 51.5 Å². The number of benzene rings is 1. The van der Waals surface area contributed by atoms with Crippen molar-refractivity contribution in [2.75, 3.05) is 0 Å². The van der Waals surface area contributed by atoms with Gasteiger partial charge in [0.05, 0.1) is 6.04 Å². The fourth-order valence-electron chi connectivity index (χ4n) is 2.90. The van der Waals surface area contributed by atoms with Crippen molar-refractivity contribution in [3.63, 3.8) is 0 Å². The van der Waals surface area contributed by atoms with Crippen molar-refractivity contribution in [2.24, 2.45) is 11.1 Å². The first-order valence-corrected chi connectivity index (χ1v) is 7.50. The molecule has 3 nitrogen and oxygen atoms in total.